The number of nitrogens with zero attached hydrogens (tertiary/aromatic N) is 9. The Bertz CT molecular complexity index is 2530. The first-order valence-electron chi connectivity index (χ1n) is 21.3. The predicted molar refractivity (Wildman–Crippen MR) is 230 cm³/mol. The van der Waals surface area contributed by atoms with E-state index >= 15 is 0 Å². The van der Waals surface area contributed by atoms with E-state index < -0.39 is 5.60 Å². The van der Waals surface area contributed by atoms with Crippen LogP contribution < -0.4 is 15.5 Å². The van der Waals surface area contributed by atoms with Gasteiger partial charge in [0.15, 0.2) is 0 Å². The standard InChI is InChI=1S/C45H51N11O5/c1-45(2,61)37-26-38-30(24-39(37)48-43(59)40-14-12-35-25-31(46-3)27-47-56(35)40)28-55(50-38)34-10-8-33(9-11-34)52-18-22-54(23-19-52)44(60)53-20-16-51(17-21-53)32-6-4-29(5-7-32)36-13-15-41(57)49-42(36)58/h4-7,12,14,24-28,33-34,36,61H,8-11,13,15-23H2,1-2H3,(H,48,59)(H,49,57,58). The van der Waals surface area contributed by atoms with Crippen LogP contribution in [-0.2, 0) is 15.2 Å². The number of aromatic nitrogens is 4. The number of amides is 5. The van der Waals surface area contributed by atoms with Gasteiger partial charge in [-0.05, 0) is 94.0 Å². The zero-order valence-electron chi connectivity index (χ0n) is 34.6. The molecule has 3 saturated heterocycles. The fourth-order valence-electron chi connectivity index (χ4n) is 9.55. The van der Waals surface area contributed by atoms with Gasteiger partial charge in [-0.25, -0.2) is 14.2 Å². The highest BCUT2D eigenvalue weighted by molar-refractivity contribution is 6.05. The Morgan fingerprint density at radius 1 is 0.869 bits per heavy atom. The number of carbonyl (C=O) groups is 4. The van der Waals surface area contributed by atoms with Crippen molar-refractivity contribution in [2.45, 2.75) is 76.0 Å². The molecule has 0 spiro atoms. The number of benzene rings is 2. The molecule has 1 saturated carbocycles. The summed E-state index contributed by atoms with van der Waals surface area (Å²) in [5.74, 6) is -1.11. The van der Waals surface area contributed by atoms with Gasteiger partial charge in [-0.15, -0.1) is 0 Å². The minimum absolute atomic E-state index is 0.115. The summed E-state index contributed by atoms with van der Waals surface area (Å²) in [4.78, 5) is 63.2. The van der Waals surface area contributed by atoms with Crippen LogP contribution in [0, 0.1) is 6.57 Å². The van der Waals surface area contributed by atoms with Crippen molar-refractivity contribution >= 4 is 57.2 Å². The molecule has 3 aromatic heterocycles. The number of imide groups is 1. The lowest BCUT2D eigenvalue weighted by atomic mass is 9.90. The monoisotopic (exact) mass is 825 g/mol. The van der Waals surface area contributed by atoms with Crippen LogP contribution in [0.5, 0.6) is 0 Å². The van der Waals surface area contributed by atoms with Gasteiger partial charge in [0.2, 0.25) is 17.5 Å². The van der Waals surface area contributed by atoms with Crippen LogP contribution in [0.4, 0.5) is 21.9 Å². The number of piperidine rings is 1. The SMILES string of the molecule is [C-]#[N+]c1cnn2c(C(=O)Nc3cc4cn(C5CCC(N6CCN(C(=O)N7CCN(c8ccc(C9CCC(=O)NC9=O)cc8)CC7)CC6)CC5)nc4cc3C(C)(C)O)ccc2c1. The molecule has 4 fully saturated rings. The van der Waals surface area contributed by atoms with Crippen molar-refractivity contribution in [1.82, 2.24) is 39.4 Å². The summed E-state index contributed by atoms with van der Waals surface area (Å²) in [6, 6.07) is 17.7. The first-order valence-corrected chi connectivity index (χ1v) is 21.3. The average molecular weight is 826 g/mol. The number of fused-ring (bicyclic) bond motifs is 2. The van der Waals surface area contributed by atoms with Crippen molar-refractivity contribution in [3.8, 4) is 0 Å². The third kappa shape index (κ3) is 8.15. The molecule has 16 nitrogen and oxygen atoms in total. The van der Waals surface area contributed by atoms with E-state index in [1.165, 1.54) is 10.7 Å². The number of aliphatic hydroxyl groups is 1. The number of piperazine rings is 2. The van der Waals surface area contributed by atoms with Gasteiger partial charge in [0, 0.05) is 93.3 Å². The summed E-state index contributed by atoms with van der Waals surface area (Å²) in [5, 5.41) is 26.7. The number of hydrogen-bond acceptors (Lipinski definition) is 9. The summed E-state index contributed by atoms with van der Waals surface area (Å²) in [6.07, 6.45) is 8.40. The number of hydrogen-bond donors (Lipinski definition) is 3. The van der Waals surface area contributed by atoms with E-state index in [2.05, 4.69) is 30.4 Å². The molecule has 5 amide bonds. The molecule has 2 aromatic carbocycles. The summed E-state index contributed by atoms with van der Waals surface area (Å²) < 4.78 is 3.55. The van der Waals surface area contributed by atoms with Crippen LogP contribution in [0.1, 0.15) is 85.9 Å². The minimum Gasteiger partial charge on any atom is -0.386 e. The maximum Gasteiger partial charge on any atom is 0.320 e. The zero-order chi connectivity index (χ0) is 42.4. The third-order valence-electron chi connectivity index (χ3n) is 13.0. The lowest BCUT2D eigenvalue weighted by Crippen LogP contribution is -2.58. The fourth-order valence-corrected chi connectivity index (χ4v) is 9.55. The molecule has 1 unspecified atom stereocenters. The summed E-state index contributed by atoms with van der Waals surface area (Å²) in [6.45, 7) is 16.6. The maximum atomic E-state index is 13.6. The Morgan fingerprint density at radius 3 is 2.23 bits per heavy atom. The van der Waals surface area contributed by atoms with Crippen molar-refractivity contribution in [3.05, 3.63) is 95.2 Å². The molecule has 1 aliphatic carbocycles. The molecule has 9 rings (SSSR count). The molecule has 3 aliphatic heterocycles. The molecule has 16 heteroatoms. The molecule has 6 heterocycles. The number of carbonyl (C=O) groups excluding carboxylic acids is 4. The molecule has 316 valence electrons. The minimum atomic E-state index is -1.25. The second-order valence-electron chi connectivity index (χ2n) is 17.3. The Hall–Kier alpha value is -6.31. The molecule has 0 bridgehead atoms. The molecule has 4 aliphatic rings. The van der Waals surface area contributed by atoms with E-state index in [4.69, 9.17) is 11.7 Å². The maximum absolute atomic E-state index is 13.6. The van der Waals surface area contributed by atoms with Crippen LogP contribution in [0.15, 0.2) is 67.0 Å². The highest BCUT2D eigenvalue weighted by Gasteiger charge is 2.34. The van der Waals surface area contributed by atoms with Gasteiger partial charge in [0.05, 0.1) is 41.4 Å². The van der Waals surface area contributed by atoms with Crippen LogP contribution in [-0.4, -0.2) is 121 Å². The zero-order valence-corrected chi connectivity index (χ0v) is 34.6. The lowest BCUT2D eigenvalue weighted by Gasteiger charge is -2.44. The average Bonchev–Trinajstić information content (AvgIpc) is 3.90. The predicted octanol–water partition coefficient (Wildman–Crippen LogP) is 5.28. The Morgan fingerprint density at radius 2 is 1.56 bits per heavy atom. The topological polar surface area (TPSA) is 165 Å². The summed E-state index contributed by atoms with van der Waals surface area (Å²) >= 11 is 0. The van der Waals surface area contributed by atoms with E-state index in [-0.39, 0.29) is 35.7 Å². The quantitative estimate of drug-likeness (QED) is 0.146. The van der Waals surface area contributed by atoms with Crippen LogP contribution in [0.2, 0.25) is 0 Å². The molecular weight excluding hydrogens is 775 g/mol. The second-order valence-corrected chi connectivity index (χ2v) is 17.3. The Kier molecular flexibility index (Phi) is 10.7. The molecule has 1 atom stereocenters. The van der Waals surface area contributed by atoms with Gasteiger partial charge in [0.1, 0.15) is 5.69 Å². The van der Waals surface area contributed by atoms with Gasteiger partial charge >= 0.3 is 6.03 Å². The fraction of sp³-hybridized carbons (Fsp3) is 0.444. The first-order chi connectivity index (χ1) is 29.4. The molecular formula is C45H51N11O5. The van der Waals surface area contributed by atoms with E-state index in [9.17, 15) is 24.3 Å². The van der Waals surface area contributed by atoms with E-state index in [0.717, 1.165) is 74.0 Å². The Balaban J connectivity index is 0.763. The highest BCUT2D eigenvalue weighted by Crippen LogP contribution is 2.36. The van der Waals surface area contributed by atoms with Crippen molar-refractivity contribution in [2.24, 2.45) is 0 Å². The molecule has 0 radical (unpaired) electrons. The van der Waals surface area contributed by atoms with Crippen LogP contribution >= 0.6 is 0 Å². The number of nitrogens with one attached hydrogen (secondary N) is 2. The van der Waals surface area contributed by atoms with E-state index in [1.54, 1.807) is 32.0 Å². The van der Waals surface area contributed by atoms with Gasteiger partial charge < -0.3 is 25.1 Å². The number of anilines is 2. The largest absolute Gasteiger partial charge is 0.386 e. The van der Waals surface area contributed by atoms with Crippen LogP contribution in [0.3, 0.4) is 0 Å². The van der Waals surface area contributed by atoms with Gasteiger partial charge in [-0.2, -0.15) is 10.2 Å². The first kappa shape index (κ1) is 40.1. The normalized spacial score (nSPS) is 21.7. The van der Waals surface area contributed by atoms with Gasteiger partial charge in [-0.1, -0.05) is 12.1 Å². The van der Waals surface area contributed by atoms with Gasteiger partial charge in [0.25, 0.3) is 5.91 Å². The van der Waals surface area contributed by atoms with Gasteiger partial charge in [-0.3, -0.25) is 29.3 Å². The third-order valence-corrected chi connectivity index (χ3v) is 13.0. The lowest BCUT2D eigenvalue weighted by molar-refractivity contribution is -0.134. The molecule has 61 heavy (non-hydrogen) atoms. The van der Waals surface area contributed by atoms with Crippen molar-refractivity contribution in [3.63, 3.8) is 0 Å². The van der Waals surface area contributed by atoms with Crippen molar-refractivity contribution in [1.29, 1.82) is 0 Å². The van der Waals surface area contributed by atoms with E-state index in [1.807, 2.05) is 57.1 Å². The van der Waals surface area contributed by atoms with Crippen LogP contribution in [0.25, 0.3) is 21.3 Å². The second kappa shape index (κ2) is 16.3. The van der Waals surface area contributed by atoms with E-state index in [0.29, 0.717) is 73.2 Å². The highest BCUT2D eigenvalue weighted by atomic mass is 16.3. The molecule has 3 N–H and O–H groups in total. The molecule has 5 aromatic rings. The number of urea groups is 1. The summed E-state index contributed by atoms with van der Waals surface area (Å²) in [5.41, 5.74) is 3.90. The Labute approximate surface area is 353 Å². The van der Waals surface area contributed by atoms with Crippen molar-refractivity contribution in [2.75, 3.05) is 62.6 Å². The number of rotatable bonds is 7. The summed E-state index contributed by atoms with van der Waals surface area (Å²) in [7, 11) is 0. The van der Waals surface area contributed by atoms with Crippen molar-refractivity contribution < 1.29 is 24.3 Å². The smallest absolute Gasteiger partial charge is 0.320 e.